The zero-order valence-corrected chi connectivity index (χ0v) is 18.6. The van der Waals surface area contributed by atoms with Crippen molar-refractivity contribution in [1.29, 1.82) is 5.26 Å². The van der Waals surface area contributed by atoms with E-state index < -0.39 is 0 Å². The van der Waals surface area contributed by atoms with Crippen LogP contribution in [0.15, 0.2) is 103 Å². The molecule has 7 rings (SSSR count). The van der Waals surface area contributed by atoms with E-state index in [1.54, 1.807) is 18.3 Å². The smallest absolute Gasteiger partial charge is 0.168 e. The van der Waals surface area contributed by atoms with Crippen LogP contribution < -0.4 is 0 Å². The summed E-state index contributed by atoms with van der Waals surface area (Å²) >= 11 is 0. The van der Waals surface area contributed by atoms with E-state index in [9.17, 15) is 5.26 Å². The maximum atomic E-state index is 9.19. The highest BCUT2D eigenvalue weighted by atomic mass is 15.1. The number of pyridine rings is 1. The molecule has 0 saturated carbocycles. The molecular weight excluding hydrogens is 430 g/mol. The summed E-state index contributed by atoms with van der Waals surface area (Å²) in [6, 6.07) is 34.7. The van der Waals surface area contributed by atoms with Gasteiger partial charge in [-0.2, -0.15) is 5.26 Å². The van der Waals surface area contributed by atoms with Crippen LogP contribution in [0.3, 0.4) is 0 Å². The minimum atomic E-state index is 0.594. The van der Waals surface area contributed by atoms with Gasteiger partial charge in [-0.3, -0.25) is 9.55 Å². The maximum absolute atomic E-state index is 9.19. The van der Waals surface area contributed by atoms with Gasteiger partial charge in [0.15, 0.2) is 11.6 Å². The topological polar surface area (TPSA) is 67.4 Å². The van der Waals surface area contributed by atoms with Gasteiger partial charge in [-0.1, -0.05) is 42.5 Å². The summed E-state index contributed by atoms with van der Waals surface area (Å²) in [5.41, 5.74) is 5.09. The molecule has 0 aliphatic carbocycles. The summed E-state index contributed by atoms with van der Waals surface area (Å²) in [4.78, 5) is 14.6. The van der Waals surface area contributed by atoms with Crippen molar-refractivity contribution in [3.63, 3.8) is 0 Å². The average Bonchev–Trinajstić information content (AvgIpc) is 3.24. The first-order valence-electron chi connectivity index (χ1n) is 11.4. The van der Waals surface area contributed by atoms with Crippen molar-refractivity contribution in [3.05, 3.63) is 109 Å². The molecule has 5 nitrogen and oxygen atoms in total. The molecular formula is C30H17N5. The second kappa shape index (κ2) is 7.47. The molecule has 35 heavy (non-hydrogen) atoms. The van der Waals surface area contributed by atoms with Crippen molar-refractivity contribution in [1.82, 2.24) is 19.5 Å². The highest BCUT2D eigenvalue weighted by Crippen LogP contribution is 2.36. The minimum absolute atomic E-state index is 0.594. The van der Waals surface area contributed by atoms with Crippen LogP contribution >= 0.6 is 0 Å². The fraction of sp³-hybridized carbons (Fsp3) is 0. The fourth-order valence-corrected chi connectivity index (χ4v) is 4.81. The third-order valence-corrected chi connectivity index (χ3v) is 6.46. The molecule has 3 aromatic heterocycles. The Balaban J connectivity index is 1.61. The van der Waals surface area contributed by atoms with E-state index in [1.807, 2.05) is 24.3 Å². The number of nitrogens with zero attached hydrogens (tertiary/aromatic N) is 5. The van der Waals surface area contributed by atoms with E-state index in [4.69, 9.17) is 9.97 Å². The number of aromatic nitrogens is 4. The molecule has 3 heterocycles. The third-order valence-electron chi connectivity index (χ3n) is 6.46. The first kappa shape index (κ1) is 19.4. The lowest BCUT2D eigenvalue weighted by Gasteiger charge is -2.12. The zero-order chi connectivity index (χ0) is 23.4. The molecule has 0 saturated heterocycles. The van der Waals surface area contributed by atoms with E-state index in [2.05, 4.69) is 76.3 Å². The van der Waals surface area contributed by atoms with Crippen LogP contribution in [0.25, 0.3) is 60.8 Å². The van der Waals surface area contributed by atoms with Crippen LogP contribution in [0.1, 0.15) is 5.56 Å². The molecule has 0 amide bonds. The Kier molecular flexibility index (Phi) is 4.14. The van der Waals surface area contributed by atoms with Crippen LogP contribution in [-0.2, 0) is 0 Å². The Morgan fingerprint density at radius 3 is 2.29 bits per heavy atom. The predicted octanol–water partition coefficient (Wildman–Crippen LogP) is 6.81. The number of hydrogen-bond donors (Lipinski definition) is 0. The molecule has 0 aliphatic heterocycles. The predicted molar refractivity (Wildman–Crippen MR) is 139 cm³/mol. The van der Waals surface area contributed by atoms with Crippen molar-refractivity contribution in [2.45, 2.75) is 0 Å². The molecule has 0 N–H and O–H groups in total. The lowest BCUT2D eigenvalue weighted by molar-refractivity contribution is 1.06. The van der Waals surface area contributed by atoms with Crippen LogP contribution in [0.4, 0.5) is 0 Å². The number of fused-ring (bicyclic) bond motifs is 5. The van der Waals surface area contributed by atoms with Crippen LogP contribution in [-0.4, -0.2) is 19.5 Å². The molecule has 162 valence electrons. The molecule has 7 aromatic rings. The molecule has 0 spiro atoms. The van der Waals surface area contributed by atoms with E-state index in [-0.39, 0.29) is 0 Å². The molecule has 0 fully saturated rings. The van der Waals surface area contributed by atoms with E-state index in [1.165, 1.54) is 16.2 Å². The Morgan fingerprint density at radius 1 is 0.686 bits per heavy atom. The van der Waals surface area contributed by atoms with Gasteiger partial charge in [0.2, 0.25) is 0 Å². The first-order chi connectivity index (χ1) is 17.3. The van der Waals surface area contributed by atoms with Gasteiger partial charge in [-0.25, -0.2) is 9.97 Å². The Hall–Kier alpha value is -5.08. The van der Waals surface area contributed by atoms with E-state index in [0.717, 1.165) is 38.8 Å². The third kappa shape index (κ3) is 2.98. The minimum Gasteiger partial charge on any atom is -0.292 e. The molecule has 0 radical (unpaired) electrons. The average molecular weight is 448 g/mol. The molecule has 0 atom stereocenters. The summed E-state index contributed by atoms with van der Waals surface area (Å²) in [5.74, 6) is 1.33. The summed E-state index contributed by atoms with van der Waals surface area (Å²) in [6.07, 6.45) is 1.78. The van der Waals surface area contributed by atoms with Gasteiger partial charge >= 0.3 is 0 Å². The van der Waals surface area contributed by atoms with E-state index in [0.29, 0.717) is 11.4 Å². The van der Waals surface area contributed by atoms with Crippen molar-refractivity contribution in [3.8, 4) is 23.3 Å². The van der Waals surface area contributed by atoms with Crippen molar-refractivity contribution in [2.24, 2.45) is 0 Å². The number of nitriles is 1. The highest BCUT2D eigenvalue weighted by molar-refractivity contribution is 6.14. The molecule has 0 unspecified atom stereocenters. The Bertz CT molecular complexity index is 1960. The number of hydrogen-bond acceptors (Lipinski definition) is 4. The van der Waals surface area contributed by atoms with Gasteiger partial charge < -0.3 is 0 Å². The van der Waals surface area contributed by atoms with Gasteiger partial charge in [0.1, 0.15) is 5.52 Å². The van der Waals surface area contributed by atoms with Gasteiger partial charge in [-0.15, -0.1) is 0 Å². The first-order valence-corrected chi connectivity index (χ1v) is 11.4. The van der Waals surface area contributed by atoms with Gasteiger partial charge in [0.25, 0.3) is 0 Å². The van der Waals surface area contributed by atoms with Crippen LogP contribution in [0, 0.1) is 11.3 Å². The van der Waals surface area contributed by atoms with Crippen LogP contribution in [0.2, 0.25) is 0 Å². The molecule has 0 bridgehead atoms. The number of para-hydroxylation sites is 1. The van der Waals surface area contributed by atoms with Gasteiger partial charge in [0.05, 0.1) is 28.2 Å². The summed E-state index contributed by atoms with van der Waals surface area (Å²) < 4.78 is 2.20. The van der Waals surface area contributed by atoms with Crippen LogP contribution in [0.5, 0.6) is 0 Å². The van der Waals surface area contributed by atoms with Gasteiger partial charge in [-0.05, 0) is 65.4 Å². The summed E-state index contributed by atoms with van der Waals surface area (Å²) in [7, 11) is 0. The highest BCUT2D eigenvalue weighted by Gasteiger charge is 2.18. The lowest BCUT2D eigenvalue weighted by atomic mass is 10.1. The monoisotopic (exact) mass is 447 g/mol. The quantitative estimate of drug-likeness (QED) is 0.292. The largest absolute Gasteiger partial charge is 0.292 e. The maximum Gasteiger partial charge on any atom is 0.168 e. The second-order valence-electron chi connectivity index (χ2n) is 8.50. The van der Waals surface area contributed by atoms with E-state index >= 15 is 0 Å². The molecule has 5 heteroatoms. The lowest BCUT2D eigenvalue weighted by Crippen LogP contribution is -2.03. The Labute approximate surface area is 200 Å². The second-order valence-corrected chi connectivity index (χ2v) is 8.50. The normalized spacial score (nSPS) is 11.4. The fourth-order valence-electron chi connectivity index (χ4n) is 4.81. The van der Waals surface area contributed by atoms with Gasteiger partial charge in [0, 0.05) is 22.5 Å². The summed E-state index contributed by atoms with van der Waals surface area (Å²) in [6.45, 7) is 0. The molecule has 4 aromatic carbocycles. The Morgan fingerprint density at radius 2 is 1.46 bits per heavy atom. The van der Waals surface area contributed by atoms with Crippen molar-refractivity contribution >= 4 is 43.6 Å². The molecule has 0 aliphatic rings. The zero-order valence-electron chi connectivity index (χ0n) is 18.6. The summed E-state index contributed by atoms with van der Waals surface area (Å²) in [5, 5.41) is 13.9. The SMILES string of the molecule is N#Cc1ccc(-c2nc(-n3c4ccccc4c4cc5ccccc5cc43)c3ncccc3n2)cc1. The standard InChI is InChI=1S/C30H17N5/c31-18-19-11-13-20(14-12-19)29-33-25-9-5-15-32-28(25)30(34-29)35-26-10-4-3-8-23(26)24-16-21-6-1-2-7-22(21)17-27(24)35/h1-17H. The van der Waals surface area contributed by atoms with Crippen molar-refractivity contribution in [2.75, 3.05) is 0 Å². The number of benzene rings is 4. The van der Waals surface area contributed by atoms with Crippen molar-refractivity contribution < 1.29 is 0 Å². The number of rotatable bonds is 2.